The molecule has 0 saturated carbocycles. The molecule has 1 heterocycles. The van der Waals surface area contributed by atoms with Crippen molar-refractivity contribution in [3.8, 4) is 11.5 Å². The summed E-state index contributed by atoms with van der Waals surface area (Å²) >= 11 is 0. The van der Waals surface area contributed by atoms with Crippen LogP contribution in [0.2, 0.25) is 0 Å². The van der Waals surface area contributed by atoms with Crippen molar-refractivity contribution in [1.29, 1.82) is 0 Å². The Morgan fingerprint density at radius 2 is 1.91 bits per heavy atom. The number of rotatable bonds is 4. The van der Waals surface area contributed by atoms with Crippen molar-refractivity contribution in [1.82, 2.24) is 0 Å². The first kappa shape index (κ1) is 14.3. The number of benzene rings is 2. The molecule has 2 aromatic carbocycles. The smallest absolute Gasteiger partial charge is 0.233 e. The Hall–Kier alpha value is -2.60. The van der Waals surface area contributed by atoms with Crippen LogP contribution in [0.15, 0.2) is 42.5 Å². The number of hydrogen-bond acceptors (Lipinski definition) is 4. The molecule has 1 amide bonds. The van der Waals surface area contributed by atoms with E-state index in [2.05, 4.69) is 5.32 Å². The van der Waals surface area contributed by atoms with E-state index in [0.717, 1.165) is 0 Å². The zero-order valence-corrected chi connectivity index (χ0v) is 11.7. The maximum Gasteiger partial charge on any atom is 0.233 e. The summed E-state index contributed by atoms with van der Waals surface area (Å²) in [4.78, 5) is 12.4. The lowest BCUT2D eigenvalue weighted by molar-refractivity contribution is -0.117. The van der Waals surface area contributed by atoms with Gasteiger partial charge in [-0.15, -0.1) is 0 Å². The van der Waals surface area contributed by atoms with Crippen molar-refractivity contribution >= 4 is 11.6 Å². The standard InChI is InChI=1S/C16H15FN2O3/c17-11-3-1-10(2-4-11)13(8-18)16(20)19-12-5-6-14-15(7-12)22-9-21-14/h1-7,13H,8-9,18H2,(H,19,20). The molecule has 5 nitrogen and oxygen atoms in total. The number of nitrogens with two attached hydrogens (primary N) is 1. The van der Waals surface area contributed by atoms with Gasteiger partial charge in [-0.2, -0.15) is 0 Å². The molecular formula is C16H15FN2O3. The van der Waals surface area contributed by atoms with Crippen LogP contribution >= 0.6 is 0 Å². The lowest BCUT2D eigenvalue weighted by Gasteiger charge is -2.15. The molecule has 6 heteroatoms. The predicted octanol–water partition coefficient (Wildman–Crippen LogP) is 2.24. The maximum absolute atomic E-state index is 13.0. The lowest BCUT2D eigenvalue weighted by Crippen LogP contribution is -2.27. The summed E-state index contributed by atoms with van der Waals surface area (Å²) in [5.74, 6) is 0.0745. The molecule has 22 heavy (non-hydrogen) atoms. The van der Waals surface area contributed by atoms with E-state index in [1.807, 2.05) is 0 Å². The van der Waals surface area contributed by atoms with E-state index < -0.39 is 5.92 Å². The summed E-state index contributed by atoms with van der Waals surface area (Å²) in [6, 6.07) is 10.9. The Labute approximate surface area is 126 Å². The molecule has 1 unspecified atom stereocenters. The van der Waals surface area contributed by atoms with Crippen LogP contribution in [0, 0.1) is 5.82 Å². The average molecular weight is 302 g/mol. The Morgan fingerprint density at radius 3 is 2.64 bits per heavy atom. The summed E-state index contributed by atoms with van der Waals surface area (Å²) < 4.78 is 23.5. The Bertz CT molecular complexity index is 688. The van der Waals surface area contributed by atoms with Gasteiger partial charge in [-0.3, -0.25) is 4.79 Å². The van der Waals surface area contributed by atoms with Crippen molar-refractivity contribution in [2.24, 2.45) is 5.73 Å². The molecule has 1 aliphatic rings. The number of fused-ring (bicyclic) bond motifs is 1. The second-order valence-corrected chi connectivity index (χ2v) is 4.90. The quantitative estimate of drug-likeness (QED) is 0.908. The third kappa shape index (κ3) is 2.87. The third-order valence-corrected chi connectivity index (χ3v) is 3.46. The molecular weight excluding hydrogens is 287 g/mol. The van der Waals surface area contributed by atoms with Gasteiger partial charge in [-0.05, 0) is 29.8 Å². The molecule has 0 saturated heterocycles. The van der Waals surface area contributed by atoms with Crippen molar-refractivity contribution in [2.75, 3.05) is 18.7 Å². The third-order valence-electron chi connectivity index (χ3n) is 3.46. The molecule has 3 rings (SSSR count). The van der Waals surface area contributed by atoms with Crippen LogP contribution in [0.3, 0.4) is 0 Å². The summed E-state index contributed by atoms with van der Waals surface area (Å²) in [7, 11) is 0. The maximum atomic E-state index is 13.0. The van der Waals surface area contributed by atoms with Crippen LogP contribution in [-0.4, -0.2) is 19.2 Å². The van der Waals surface area contributed by atoms with Crippen molar-refractivity contribution in [3.63, 3.8) is 0 Å². The molecule has 0 aliphatic carbocycles. The number of ether oxygens (including phenoxy) is 2. The summed E-state index contributed by atoms with van der Waals surface area (Å²) in [5, 5.41) is 2.79. The highest BCUT2D eigenvalue weighted by Crippen LogP contribution is 2.34. The topological polar surface area (TPSA) is 73.6 Å². The first-order chi connectivity index (χ1) is 10.7. The molecule has 1 aliphatic heterocycles. The van der Waals surface area contributed by atoms with Gasteiger partial charge in [0.2, 0.25) is 12.7 Å². The van der Waals surface area contributed by atoms with Gasteiger partial charge in [-0.1, -0.05) is 12.1 Å². The van der Waals surface area contributed by atoms with E-state index in [-0.39, 0.29) is 25.1 Å². The van der Waals surface area contributed by atoms with Gasteiger partial charge in [0.1, 0.15) is 5.82 Å². The first-order valence-corrected chi connectivity index (χ1v) is 6.83. The van der Waals surface area contributed by atoms with Gasteiger partial charge in [0.15, 0.2) is 11.5 Å². The minimum absolute atomic E-state index is 0.127. The molecule has 1 atom stereocenters. The minimum Gasteiger partial charge on any atom is -0.454 e. The Morgan fingerprint density at radius 1 is 1.18 bits per heavy atom. The second kappa shape index (κ2) is 6.03. The van der Waals surface area contributed by atoms with Gasteiger partial charge < -0.3 is 20.5 Å². The highest BCUT2D eigenvalue weighted by atomic mass is 19.1. The molecule has 0 spiro atoms. The van der Waals surface area contributed by atoms with Crippen LogP contribution in [0.1, 0.15) is 11.5 Å². The molecule has 0 aromatic heterocycles. The number of carbonyl (C=O) groups excluding carboxylic acids is 1. The second-order valence-electron chi connectivity index (χ2n) is 4.90. The largest absolute Gasteiger partial charge is 0.454 e. The Balaban J connectivity index is 1.76. The van der Waals surface area contributed by atoms with Crippen LogP contribution in [0.5, 0.6) is 11.5 Å². The van der Waals surface area contributed by atoms with E-state index in [0.29, 0.717) is 22.7 Å². The average Bonchev–Trinajstić information content (AvgIpc) is 2.97. The first-order valence-electron chi connectivity index (χ1n) is 6.83. The van der Waals surface area contributed by atoms with Gasteiger partial charge in [0.25, 0.3) is 0 Å². The Kier molecular flexibility index (Phi) is 3.93. The molecule has 0 fully saturated rings. The van der Waals surface area contributed by atoms with Crippen LogP contribution in [-0.2, 0) is 4.79 Å². The number of nitrogens with one attached hydrogen (secondary N) is 1. The van der Waals surface area contributed by atoms with E-state index >= 15 is 0 Å². The summed E-state index contributed by atoms with van der Waals surface area (Å²) in [6.07, 6.45) is 0. The van der Waals surface area contributed by atoms with Crippen LogP contribution < -0.4 is 20.5 Å². The number of carbonyl (C=O) groups is 1. The molecule has 3 N–H and O–H groups in total. The van der Waals surface area contributed by atoms with Crippen molar-refractivity contribution in [3.05, 3.63) is 53.8 Å². The SMILES string of the molecule is NCC(C(=O)Nc1ccc2c(c1)OCO2)c1ccc(F)cc1. The fraction of sp³-hybridized carbons (Fsp3) is 0.188. The van der Waals surface area contributed by atoms with Crippen LogP contribution in [0.25, 0.3) is 0 Å². The van der Waals surface area contributed by atoms with Crippen molar-refractivity contribution in [2.45, 2.75) is 5.92 Å². The summed E-state index contributed by atoms with van der Waals surface area (Å²) in [5.41, 5.74) is 6.95. The van der Waals surface area contributed by atoms with E-state index in [1.165, 1.54) is 12.1 Å². The van der Waals surface area contributed by atoms with E-state index in [9.17, 15) is 9.18 Å². The van der Waals surface area contributed by atoms with E-state index in [1.54, 1.807) is 30.3 Å². The minimum atomic E-state index is -0.550. The number of amides is 1. The number of halogens is 1. The zero-order valence-electron chi connectivity index (χ0n) is 11.7. The zero-order chi connectivity index (χ0) is 15.5. The van der Waals surface area contributed by atoms with E-state index in [4.69, 9.17) is 15.2 Å². The normalized spacial score (nSPS) is 13.7. The number of anilines is 1. The molecule has 114 valence electrons. The molecule has 0 radical (unpaired) electrons. The fourth-order valence-electron chi connectivity index (χ4n) is 2.29. The highest BCUT2D eigenvalue weighted by Gasteiger charge is 2.20. The van der Waals surface area contributed by atoms with Crippen LogP contribution in [0.4, 0.5) is 10.1 Å². The van der Waals surface area contributed by atoms with Crippen molar-refractivity contribution < 1.29 is 18.7 Å². The van der Waals surface area contributed by atoms with Gasteiger partial charge >= 0.3 is 0 Å². The van der Waals surface area contributed by atoms with Gasteiger partial charge in [-0.25, -0.2) is 4.39 Å². The van der Waals surface area contributed by atoms with Gasteiger partial charge in [0.05, 0.1) is 5.92 Å². The highest BCUT2D eigenvalue weighted by molar-refractivity contribution is 5.96. The summed E-state index contributed by atoms with van der Waals surface area (Å²) in [6.45, 7) is 0.301. The number of hydrogen-bond donors (Lipinski definition) is 2. The monoisotopic (exact) mass is 302 g/mol. The fourth-order valence-corrected chi connectivity index (χ4v) is 2.29. The predicted molar refractivity (Wildman–Crippen MR) is 79.4 cm³/mol. The molecule has 2 aromatic rings. The van der Waals surface area contributed by atoms with Gasteiger partial charge in [0, 0.05) is 18.3 Å². The molecule has 0 bridgehead atoms. The lowest BCUT2D eigenvalue weighted by atomic mass is 9.98.